The molecule has 0 saturated heterocycles. The highest BCUT2D eigenvalue weighted by Crippen LogP contribution is 2.40. The summed E-state index contributed by atoms with van der Waals surface area (Å²) in [5, 5.41) is 3.66. The Labute approximate surface area is 127 Å². The van der Waals surface area contributed by atoms with Crippen LogP contribution in [0.2, 0.25) is 0 Å². The summed E-state index contributed by atoms with van der Waals surface area (Å²) in [6.45, 7) is 4.34. The van der Waals surface area contributed by atoms with Crippen LogP contribution in [0.4, 0.5) is 5.69 Å². The molecule has 0 unspecified atom stereocenters. The predicted molar refractivity (Wildman–Crippen MR) is 88.3 cm³/mol. The fourth-order valence-electron chi connectivity index (χ4n) is 3.18. The quantitative estimate of drug-likeness (QED) is 0.879. The van der Waals surface area contributed by atoms with Gasteiger partial charge in [-0.15, -0.1) is 0 Å². The van der Waals surface area contributed by atoms with Gasteiger partial charge in [-0.25, -0.2) is 0 Å². The molecule has 2 aromatic rings. The summed E-state index contributed by atoms with van der Waals surface area (Å²) < 4.78 is 5.26. The Morgan fingerprint density at radius 2 is 1.76 bits per heavy atom. The van der Waals surface area contributed by atoms with Gasteiger partial charge in [-0.3, -0.25) is 0 Å². The molecule has 0 bridgehead atoms. The molecule has 1 saturated carbocycles. The SMILES string of the molecule is COc1ccc(NC2CC(c3ccccc3C)C2)c(C)c1. The van der Waals surface area contributed by atoms with Crippen LogP contribution in [0.1, 0.15) is 35.4 Å². The molecule has 21 heavy (non-hydrogen) atoms. The lowest BCUT2D eigenvalue weighted by atomic mass is 9.74. The van der Waals surface area contributed by atoms with Crippen molar-refractivity contribution in [2.75, 3.05) is 12.4 Å². The summed E-state index contributed by atoms with van der Waals surface area (Å²) in [4.78, 5) is 0. The summed E-state index contributed by atoms with van der Waals surface area (Å²) >= 11 is 0. The Kier molecular flexibility index (Phi) is 3.87. The van der Waals surface area contributed by atoms with Gasteiger partial charge in [0.25, 0.3) is 0 Å². The minimum Gasteiger partial charge on any atom is -0.497 e. The molecule has 1 fully saturated rings. The molecule has 2 nitrogen and oxygen atoms in total. The van der Waals surface area contributed by atoms with Crippen LogP contribution in [-0.2, 0) is 0 Å². The van der Waals surface area contributed by atoms with Gasteiger partial charge in [-0.1, -0.05) is 24.3 Å². The fourth-order valence-corrected chi connectivity index (χ4v) is 3.18. The van der Waals surface area contributed by atoms with Crippen LogP contribution >= 0.6 is 0 Å². The van der Waals surface area contributed by atoms with Crippen molar-refractivity contribution in [2.24, 2.45) is 0 Å². The van der Waals surface area contributed by atoms with Crippen LogP contribution in [0.25, 0.3) is 0 Å². The van der Waals surface area contributed by atoms with E-state index in [1.54, 1.807) is 7.11 Å². The molecule has 1 aliphatic rings. The average Bonchev–Trinajstić information content (AvgIpc) is 2.45. The number of methoxy groups -OCH3 is 1. The van der Waals surface area contributed by atoms with Gasteiger partial charge >= 0.3 is 0 Å². The van der Waals surface area contributed by atoms with E-state index in [2.05, 4.69) is 55.6 Å². The highest BCUT2D eigenvalue weighted by molar-refractivity contribution is 5.54. The smallest absolute Gasteiger partial charge is 0.119 e. The van der Waals surface area contributed by atoms with E-state index in [0.29, 0.717) is 12.0 Å². The van der Waals surface area contributed by atoms with Gasteiger partial charge in [-0.05, 0) is 67.5 Å². The van der Waals surface area contributed by atoms with Crippen molar-refractivity contribution in [3.63, 3.8) is 0 Å². The lowest BCUT2D eigenvalue weighted by Crippen LogP contribution is -2.34. The average molecular weight is 281 g/mol. The number of aryl methyl sites for hydroxylation is 2. The second-order valence-electron chi connectivity index (χ2n) is 6.05. The third kappa shape index (κ3) is 2.90. The predicted octanol–water partition coefficient (Wildman–Crippen LogP) is 4.67. The zero-order valence-electron chi connectivity index (χ0n) is 13.0. The van der Waals surface area contributed by atoms with E-state index in [4.69, 9.17) is 4.74 Å². The Hall–Kier alpha value is -1.96. The first-order valence-corrected chi connectivity index (χ1v) is 7.64. The van der Waals surface area contributed by atoms with E-state index in [0.717, 1.165) is 5.75 Å². The topological polar surface area (TPSA) is 21.3 Å². The summed E-state index contributed by atoms with van der Waals surface area (Å²) in [5.74, 6) is 1.63. The Morgan fingerprint density at radius 3 is 2.43 bits per heavy atom. The van der Waals surface area contributed by atoms with Crippen LogP contribution in [-0.4, -0.2) is 13.2 Å². The van der Waals surface area contributed by atoms with Crippen LogP contribution in [0.3, 0.4) is 0 Å². The zero-order chi connectivity index (χ0) is 14.8. The standard InChI is InChI=1S/C19H23NO/c1-13-6-4-5-7-18(13)15-11-16(12-15)20-19-9-8-17(21-3)10-14(19)2/h4-10,15-16,20H,11-12H2,1-3H3. The highest BCUT2D eigenvalue weighted by Gasteiger charge is 2.31. The summed E-state index contributed by atoms with van der Waals surface area (Å²) in [6.07, 6.45) is 2.44. The largest absolute Gasteiger partial charge is 0.497 e. The fraction of sp³-hybridized carbons (Fsp3) is 0.368. The number of hydrogen-bond donors (Lipinski definition) is 1. The molecule has 0 heterocycles. The van der Waals surface area contributed by atoms with Gasteiger partial charge in [0.15, 0.2) is 0 Å². The van der Waals surface area contributed by atoms with Gasteiger partial charge in [0.2, 0.25) is 0 Å². The van der Waals surface area contributed by atoms with Crippen LogP contribution in [0.15, 0.2) is 42.5 Å². The van der Waals surface area contributed by atoms with E-state index in [9.17, 15) is 0 Å². The summed E-state index contributed by atoms with van der Waals surface area (Å²) in [5.41, 5.74) is 5.40. The number of benzene rings is 2. The molecule has 3 rings (SSSR count). The molecule has 1 aliphatic carbocycles. The van der Waals surface area contributed by atoms with Crippen molar-refractivity contribution < 1.29 is 4.74 Å². The Bertz CT molecular complexity index is 629. The lowest BCUT2D eigenvalue weighted by Gasteiger charge is -2.38. The second-order valence-corrected chi connectivity index (χ2v) is 6.05. The molecule has 0 aromatic heterocycles. The minimum atomic E-state index is 0.585. The van der Waals surface area contributed by atoms with E-state index < -0.39 is 0 Å². The van der Waals surface area contributed by atoms with Crippen LogP contribution in [0.5, 0.6) is 5.75 Å². The van der Waals surface area contributed by atoms with Crippen molar-refractivity contribution in [2.45, 2.75) is 38.6 Å². The molecule has 2 aromatic carbocycles. The van der Waals surface area contributed by atoms with Crippen molar-refractivity contribution in [1.82, 2.24) is 0 Å². The van der Waals surface area contributed by atoms with Gasteiger partial charge in [0.1, 0.15) is 5.75 Å². The van der Waals surface area contributed by atoms with E-state index in [1.807, 2.05) is 6.07 Å². The maximum atomic E-state index is 5.26. The highest BCUT2D eigenvalue weighted by atomic mass is 16.5. The number of hydrogen-bond acceptors (Lipinski definition) is 2. The number of rotatable bonds is 4. The van der Waals surface area contributed by atoms with Crippen molar-refractivity contribution in [3.05, 3.63) is 59.2 Å². The van der Waals surface area contributed by atoms with E-state index >= 15 is 0 Å². The third-order valence-corrected chi connectivity index (χ3v) is 4.56. The Morgan fingerprint density at radius 1 is 1.00 bits per heavy atom. The number of nitrogens with one attached hydrogen (secondary N) is 1. The van der Waals surface area contributed by atoms with Crippen LogP contribution in [0, 0.1) is 13.8 Å². The number of anilines is 1. The maximum Gasteiger partial charge on any atom is 0.119 e. The molecular formula is C19H23NO. The molecule has 0 aliphatic heterocycles. The third-order valence-electron chi connectivity index (χ3n) is 4.56. The van der Waals surface area contributed by atoms with E-state index in [1.165, 1.54) is 35.2 Å². The van der Waals surface area contributed by atoms with E-state index in [-0.39, 0.29) is 0 Å². The first-order chi connectivity index (χ1) is 10.2. The molecule has 0 atom stereocenters. The molecule has 1 N–H and O–H groups in total. The van der Waals surface area contributed by atoms with Crippen molar-refractivity contribution in [3.8, 4) is 5.75 Å². The monoisotopic (exact) mass is 281 g/mol. The van der Waals surface area contributed by atoms with Gasteiger partial charge in [-0.2, -0.15) is 0 Å². The van der Waals surface area contributed by atoms with Gasteiger partial charge in [0.05, 0.1) is 7.11 Å². The molecule has 0 radical (unpaired) electrons. The van der Waals surface area contributed by atoms with Crippen LogP contribution < -0.4 is 10.1 Å². The molecule has 110 valence electrons. The molecule has 0 spiro atoms. The first-order valence-electron chi connectivity index (χ1n) is 7.64. The number of ether oxygens (including phenoxy) is 1. The van der Waals surface area contributed by atoms with Crippen molar-refractivity contribution >= 4 is 5.69 Å². The molecular weight excluding hydrogens is 258 g/mol. The van der Waals surface area contributed by atoms with Crippen molar-refractivity contribution in [1.29, 1.82) is 0 Å². The lowest BCUT2D eigenvalue weighted by molar-refractivity contribution is 0.372. The maximum absolute atomic E-state index is 5.26. The zero-order valence-corrected chi connectivity index (χ0v) is 13.0. The minimum absolute atomic E-state index is 0.585. The first kappa shape index (κ1) is 14.0. The summed E-state index contributed by atoms with van der Waals surface area (Å²) in [7, 11) is 1.71. The molecule has 0 amide bonds. The Balaban J connectivity index is 1.61. The molecule has 2 heteroatoms. The summed E-state index contributed by atoms with van der Waals surface area (Å²) in [6, 6.07) is 15.6. The van der Waals surface area contributed by atoms with Gasteiger partial charge in [0, 0.05) is 11.7 Å². The second kappa shape index (κ2) is 5.80. The normalized spacial score (nSPS) is 20.7. The van der Waals surface area contributed by atoms with Gasteiger partial charge < -0.3 is 10.1 Å².